The highest BCUT2D eigenvalue weighted by molar-refractivity contribution is 5.94. The van der Waals surface area contributed by atoms with Gasteiger partial charge in [-0.25, -0.2) is 4.79 Å². The molecule has 0 spiro atoms. The molecule has 45 heavy (non-hydrogen) atoms. The van der Waals surface area contributed by atoms with Gasteiger partial charge in [0.2, 0.25) is 5.91 Å². The van der Waals surface area contributed by atoms with Crippen molar-refractivity contribution in [1.82, 2.24) is 10.2 Å². The molecule has 2 fully saturated rings. The van der Waals surface area contributed by atoms with E-state index in [1.54, 1.807) is 6.07 Å². The normalized spacial score (nSPS) is 19.8. The maximum atomic E-state index is 13.5. The van der Waals surface area contributed by atoms with Crippen LogP contribution in [-0.2, 0) is 30.3 Å². The molecular formula is C34H42N4O7. The summed E-state index contributed by atoms with van der Waals surface area (Å²) >= 11 is 0. The molecule has 2 aliphatic rings. The standard InChI is InChI=1S/C34H42N4O7/c1-5-23(20-35)32(40)44-29-13-12-22(18-30(29)45-33(41)24(6-2)21-36)17-28(34(42)43-27(7-3)8-4)37-31(39)25-14-16-38-15-10-9-11-26(38)19-25/h5-8,12-13,18,20-21,23-28,35-36H,1-4,9-11,14-17,19H2,(H,37,39)/t23?,24?,25?,26?,28-/m0/s1. The second-order valence-electron chi connectivity index (χ2n) is 11.0. The van der Waals surface area contributed by atoms with Crippen molar-refractivity contribution in [3.8, 4) is 11.5 Å². The maximum absolute atomic E-state index is 13.5. The number of ether oxygens (including phenoxy) is 3. The first-order valence-electron chi connectivity index (χ1n) is 15.0. The third kappa shape index (κ3) is 9.42. The molecule has 0 saturated carbocycles. The molecule has 1 aromatic rings. The van der Waals surface area contributed by atoms with E-state index in [0.717, 1.165) is 44.8 Å². The number of fused-ring (bicyclic) bond motifs is 1. The van der Waals surface area contributed by atoms with Crippen LogP contribution in [0.15, 0.2) is 68.8 Å². The van der Waals surface area contributed by atoms with Crippen LogP contribution in [0, 0.1) is 28.6 Å². The lowest BCUT2D eigenvalue weighted by atomic mass is 9.85. The molecule has 0 aromatic heterocycles. The molecule has 5 atom stereocenters. The predicted octanol–water partition coefficient (Wildman–Crippen LogP) is 3.98. The van der Waals surface area contributed by atoms with Gasteiger partial charge in [0.15, 0.2) is 11.5 Å². The lowest BCUT2D eigenvalue weighted by Crippen LogP contribution is -2.51. The van der Waals surface area contributed by atoms with Gasteiger partial charge < -0.3 is 35.2 Å². The van der Waals surface area contributed by atoms with Gasteiger partial charge in [-0.2, -0.15) is 0 Å². The Bertz CT molecular complexity index is 1300. The molecule has 11 heteroatoms. The van der Waals surface area contributed by atoms with Crippen LogP contribution < -0.4 is 14.8 Å². The minimum absolute atomic E-state index is 0.0438. The Hall–Kier alpha value is -4.64. The van der Waals surface area contributed by atoms with Crippen molar-refractivity contribution in [3.63, 3.8) is 0 Å². The van der Waals surface area contributed by atoms with E-state index in [1.807, 2.05) is 0 Å². The molecular weight excluding hydrogens is 576 g/mol. The van der Waals surface area contributed by atoms with Gasteiger partial charge in [-0.15, -0.1) is 13.2 Å². The minimum Gasteiger partial charge on any atom is -0.452 e. The number of piperidine rings is 2. The smallest absolute Gasteiger partial charge is 0.329 e. The summed E-state index contributed by atoms with van der Waals surface area (Å²) in [5.74, 6) is -5.25. The van der Waals surface area contributed by atoms with Crippen LogP contribution in [0.4, 0.5) is 0 Å². The summed E-state index contributed by atoms with van der Waals surface area (Å²) in [4.78, 5) is 54.6. The Morgan fingerprint density at radius 1 is 0.867 bits per heavy atom. The van der Waals surface area contributed by atoms with Crippen LogP contribution in [0.5, 0.6) is 11.5 Å². The molecule has 1 aromatic carbocycles. The second-order valence-corrected chi connectivity index (χ2v) is 11.0. The Morgan fingerprint density at radius 2 is 1.51 bits per heavy atom. The molecule has 3 rings (SSSR count). The number of esters is 3. The fraction of sp³-hybridized carbons (Fsp3) is 0.412. The molecule has 3 N–H and O–H groups in total. The quantitative estimate of drug-likeness (QED) is 0.109. The van der Waals surface area contributed by atoms with E-state index in [2.05, 4.69) is 36.5 Å². The Kier molecular flexibility index (Phi) is 13.2. The molecule has 2 aliphatic heterocycles. The summed E-state index contributed by atoms with van der Waals surface area (Å²) in [7, 11) is 0. The molecule has 11 nitrogen and oxygen atoms in total. The van der Waals surface area contributed by atoms with Gasteiger partial charge in [-0.1, -0.05) is 37.8 Å². The van der Waals surface area contributed by atoms with Crippen LogP contribution in [0.1, 0.15) is 37.7 Å². The largest absolute Gasteiger partial charge is 0.452 e. The number of carbonyl (C=O) groups is 4. The lowest BCUT2D eigenvalue weighted by molar-refractivity contribution is -0.150. The number of nitrogens with zero attached hydrogens (tertiary/aromatic N) is 1. The highest BCUT2D eigenvalue weighted by Crippen LogP contribution is 2.32. The summed E-state index contributed by atoms with van der Waals surface area (Å²) in [5, 5.41) is 17.8. The van der Waals surface area contributed by atoms with Crippen molar-refractivity contribution in [2.45, 2.75) is 56.7 Å². The summed E-state index contributed by atoms with van der Waals surface area (Å²) in [6.07, 6.45) is 10.9. The monoisotopic (exact) mass is 618 g/mol. The van der Waals surface area contributed by atoms with Gasteiger partial charge >= 0.3 is 17.9 Å². The molecule has 1 amide bonds. The van der Waals surface area contributed by atoms with Gasteiger partial charge in [0.25, 0.3) is 0 Å². The highest BCUT2D eigenvalue weighted by atomic mass is 16.6. The summed E-state index contributed by atoms with van der Waals surface area (Å²) in [6.45, 7) is 16.2. The average molecular weight is 619 g/mol. The summed E-state index contributed by atoms with van der Waals surface area (Å²) in [6, 6.07) is 3.59. The van der Waals surface area contributed by atoms with Crippen LogP contribution in [0.3, 0.4) is 0 Å². The molecule has 240 valence electrons. The average Bonchev–Trinajstić information content (AvgIpc) is 3.05. The van der Waals surface area contributed by atoms with Crippen LogP contribution in [0.2, 0.25) is 0 Å². The van der Waals surface area contributed by atoms with E-state index in [9.17, 15) is 19.2 Å². The summed E-state index contributed by atoms with van der Waals surface area (Å²) in [5.41, 5.74) is 0.452. The zero-order chi connectivity index (χ0) is 32.9. The first kappa shape index (κ1) is 34.8. The predicted molar refractivity (Wildman–Crippen MR) is 170 cm³/mol. The zero-order valence-electron chi connectivity index (χ0n) is 25.5. The first-order valence-corrected chi connectivity index (χ1v) is 15.0. The minimum atomic E-state index is -1.10. The number of hydrogen-bond donors (Lipinski definition) is 3. The van der Waals surface area contributed by atoms with Gasteiger partial charge in [0.05, 0.1) is 0 Å². The maximum Gasteiger partial charge on any atom is 0.329 e. The van der Waals surface area contributed by atoms with Crippen molar-refractivity contribution in [2.24, 2.45) is 17.8 Å². The van der Waals surface area contributed by atoms with Gasteiger partial charge in [0.1, 0.15) is 24.0 Å². The second kappa shape index (κ2) is 17.0. The number of hydrogen-bond acceptors (Lipinski definition) is 10. The SMILES string of the molecule is C=CC(C=C)OC(=O)[C@H](Cc1ccc(OC(=O)C(C=C)C=N)c(OC(=O)C(C=C)C=N)c1)NC(=O)C1CCN2CCCCC2C1. The zero-order valence-corrected chi connectivity index (χ0v) is 25.5. The number of benzene rings is 1. The van der Waals surface area contributed by atoms with Crippen molar-refractivity contribution in [1.29, 1.82) is 10.8 Å². The molecule has 2 heterocycles. The third-order valence-electron chi connectivity index (χ3n) is 8.04. The van der Waals surface area contributed by atoms with Crippen LogP contribution in [0.25, 0.3) is 0 Å². The highest BCUT2D eigenvalue weighted by Gasteiger charge is 2.35. The van der Waals surface area contributed by atoms with E-state index in [1.165, 1.54) is 36.4 Å². The van der Waals surface area contributed by atoms with Crippen molar-refractivity contribution >= 4 is 36.2 Å². The van der Waals surface area contributed by atoms with Gasteiger partial charge in [0, 0.05) is 30.8 Å². The van der Waals surface area contributed by atoms with Gasteiger partial charge in [-0.3, -0.25) is 14.4 Å². The third-order valence-corrected chi connectivity index (χ3v) is 8.04. The van der Waals surface area contributed by atoms with Crippen molar-refractivity contribution in [3.05, 3.63) is 74.4 Å². The van der Waals surface area contributed by atoms with Crippen molar-refractivity contribution in [2.75, 3.05) is 13.1 Å². The number of rotatable bonds is 16. The molecule has 0 bridgehead atoms. The number of nitrogens with one attached hydrogen (secondary N) is 3. The molecule has 0 radical (unpaired) electrons. The van der Waals surface area contributed by atoms with Crippen molar-refractivity contribution < 1.29 is 33.4 Å². The van der Waals surface area contributed by atoms with E-state index < -0.39 is 41.9 Å². The Balaban J connectivity index is 1.89. The molecule has 0 aliphatic carbocycles. The molecule has 4 unspecified atom stereocenters. The van der Waals surface area contributed by atoms with E-state index in [-0.39, 0.29) is 29.7 Å². The Labute approximate surface area is 264 Å². The fourth-order valence-corrected chi connectivity index (χ4v) is 5.42. The fourth-order valence-electron chi connectivity index (χ4n) is 5.42. The summed E-state index contributed by atoms with van der Waals surface area (Å²) < 4.78 is 16.4. The van der Waals surface area contributed by atoms with Crippen LogP contribution >= 0.6 is 0 Å². The van der Waals surface area contributed by atoms with E-state index in [0.29, 0.717) is 24.4 Å². The van der Waals surface area contributed by atoms with E-state index >= 15 is 0 Å². The van der Waals surface area contributed by atoms with Gasteiger partial charge in [-0.05, 0) is 68.6 Å². The molecule has 2 saturated heterocycles. The Morgan fingerprint density at radius 3 is 2.11 bits per heavy atom. The lowest BCUT2D eigenvalue weighted by Gasteiger charge is -2.42. The first-order chi connectivity index (χ1) is 21.7. The van der Waals surface area contributed by atoms with Crippen LogP contribution in [-0.4, -0.2) is 72.4 Å². The topological polar surface area (TPSA) is 159 Å². The number of amides is 1. The van der Waals surface area contributed by atoms with E-state index in [4.69, 9.17) is 25.0 Å². The number of carbonyl (C=O) groups excluding carboxylic acids is 4.